The van der Waals surface area contributed by atoms with E-state index in [9.17, 15) is 13.2 Å². The van der Waals surface area contributed by atoms with Crippen LogP contribution in [0.1, 0.15) is 23.2 Å². The Kier molecular flexibility index (Phi) is 4.77. The number of amides is 1. The topological polar surface area (TPSA) is 92.9 Å². The average Bonchev–Trinajstić information content (AvgIpc) is 3.25. The molecule has 142 valence electrons. The summed E-state index contributed by atoms with van der Waals surface area (Å²) in [4.78, 5) is 14.5. The lowest BCUT2D eigenvalue weighted by Gasteiger charge is -2.27. The van der Waals surface area contributed by atoms with Gasteiger partial charge in [-0.15, -0.1) is 0 Å². The number of benzene rings is 1. The van der Waals surface area contributed by atoms with E-state index >= 15 is 0 Å². The largest absolute Gasteiger partial charge is 0.378 e. The van der Waals surface area contributed by atoms with Gasteiger partial charge in [-0.2, -0.15) is 4.31 Å². The molecule has 2 heterocycles. The summed E-state index contributed by atoms with van der Waals surface area (Å²) in [7, 11) is -3.54. The molecule has 1 saturated carbocycles. The van der Waals surface area contributed by atoms with Gasteiger partial charge in [-0.1, -0.05) is 0 Å². The summed E-state index contributed by atoms with van der Waals surface area (Å²) < 4.78 is 32.7. The molecule has 2 saturated heterocycles. The van der Waals surface area contributed by atoms with E-state index in [1.54, 1.807) is 21.3 Å². The van der Waals surface area contributed by atoms with E-state index in [1.165, 1.54) is 12.1 Å². The van der Waals surface area contributed by atoms with Crippen LogP contribution in [0.3, 0.4) is 0 Å². The van der Waals surface area contributed by atoms with Crippen LogP contribution in [-0.4, -0.2) is 69.0 Å². The lowest BCUT2D eigenvalue weighted by Crippen LogP contribution is -2.40. The predicted molar refractivity (Wildman–Crippen MR) is 96.1 cm³/mol. The highest BCUT2D eigenvalue weighted by molar-refractivity contribution is 7.89. The number of nitrogens with two attached hydrogens (primary N) is 1. The van der Waals surface area contributed by atoms with Gasteiger partial charge in [-0.05, 0) is 48.9 Å². The number of morpholine rings is 1. The first-order valence-electron chi connectivity index (χ1n) is 9.19. The summed E-state index contributed by atoms with van der Waals surface area (Å²) >= 11 is 0. The molecule has 8 heteroatoms. The van der Waals surface area contributed by atoms with E-state index in [-0.39, 0.29) is 22.8 Å². The number of rotatable bonds is 3. The van der Waals surface area contributed by atoms with Crippen LogP contribution in [0.2, 0.25) is 0 Å². The number of hydrogen-bond acceptors (Lipinski definition) is 5. The molecule has 0 spiro atoms. The Morgan fingerprint density at radius 3 is 2.42 bits per heavy atom. The smallest absolute Gasteiger partial charge is 0.254 e. The Labute approximate surface area is 154 Å². The first kappa shape index (κ1) is 17.9. The number of sulfonamides is 1. The van der Waals surface area contributed by atoms with E-state index in [0.717, 1.165) is 12.8 Å². The summed E-state index contributed by atoms with van der Waals surface area (Å²) in [5.41, 5.74) is 6.62. The molecule has 1 aromatic carbocycles. The Bertz CT molecular complexity index is 774. The molecule has 4 rings (SSSR count). The van der Waals surface area contributed by atoms with Crippen LogP contribution in [0.25, 0.3) is 0 Å². The fraction of sp³-hybridized carbons (Fsp3) is 0.611. The summed E-state index contributed by atoms with van der Waals surface area (Å²) in [5, 5.41) is 0. The maximum absolute atomic E-state index is 12.9. The predicted octanol–water partition coefficient (Wildman–Crippen LogP) is 0.517. The van der Waals surface area contributed by atoms with Crippen molar-refractivity contribution in [1.29, 1.82) is 0 Å². The van der Waals surface area contributed by atoms with Crippen LogP contribution in [0.4, 0.5) is 0 Å². The van der Waals surface area contributed by atoms with Gasteiger partial charge in [0.25, 0.3) is 5.91 Å². The Hall–Kier alpha value is -1.48. The number of carbonyl (C=O) groups is 1. The lowest BCUT2D eigenvalue weighted by atomic mass is 9.98. The second-order valence-corrected chi connectivity index (χ2v) is 9.35. The van der Waals surface area contributed by atoms with Gasteiger partial charge in [0.1, 0.15) is 0 Å². The Morgan fingerprint density at radius 1 is 1.08 bits per heavy atom. The van der Waals surface area contributed by atoms with Gasteiger partial charge >= 0.3 is 0 Å². The van der Waals surface area contributed by atoms with Gasteiger partial charge in [0.15, 0.2) is 0 Å². The third-order valence-corrected chi connectivity index (χ3v) is 7.76. The van der Waals surface area contributed by atoms with Crippen molar-refractivity contribution in [3.8, 4) is 0 Å². The number of hydrogen-bond donors (Lipinski definition) is 1. The van der Waals surface area contributed by atoms with Gasteiger partial charge in [0, 0.05) is 37.8 Å². The maximum Gasteiger partial charge on any atom is 0.254 e. The van der Waals surface area contributed by atoms with Gasteiger partial charge < -0.3 is 15.4 Å². The van der Waals surface area contributed by atoms with Crippen LogP contribution in [0.15, 0.2) is 29.2 Å². The van der Waals surface area contributed by atoms with Crippen molar-refractivity contribution in [2.24, 2.45) is 17.6 Å². The van der Waals surface area contributed by atoms with Crippen LogP contribution >= 0.6 is 0 Å². The third kappa shape index (κ3) is 3.15. The molecule has 3 unspecified atom stereocenters. The summed E-state index contributed by atoms with van der Waals surface area (Å²) in [6.45, 7) is 3.26. The van der Waals surface area contributed by atoms with Crippen molar-refractivity contribution in [3.63, 3.8) is 0 Å². The monoisotopic (exact) mass is 379 g/mol. The molecule has 0 aromatic heterocycles. The maximum atomic E-state index is 12.9. The zero-order chi connectivity index (χ0) is 18.3. The molecular weight excluding hydrogens is 354 g/mol. The van der Waals surface area contributed by atoms with Crippen molar-refractivity contribution in [1.82, 2.24) is 9.21 Å². The molecule has 3 aliphatic rings. The first-order valence-corrected chi connectivity index (χ1v) is 10.6. The minimum atomic E-state index is -3.54. The summed E-state index contributed by atoms with van der Waals surface area (Å²) in [5.74, 6) is 0.563. The molecular formula is C18H25N3O4S. The van der Waals surface area contributed by atoms with E-state index < -0.39 is 10.0 Å². The second kappa shape index (κ2) is 6.92. The lowest BCUT2D eigenvalue weighted by molar-refractivity contribution is 0.0303. The quantitative estimate of drug-likeness (QED) is 0.826. The minimum Gasteiger partial charge on any atom is -0.378 e. The van der Waals surface area contributed by atoms with Gasteiger partial charge in [0.2, 0.25) is 10.0 Å². The molecule has 0 bridgehead atoms. The molecule has 0 radical (unpaired) electrons. The molecule has 7 nitrogen and oxygen atoms in total. The number of nitrogens with zero attached hydrogens (tertiary/aromatic N) is 2. The van der Waals surface area contributed by atoms with E-state index in [1.807, 2.05) is 0 Å². The van der Waals surface area contributed by atoms with E-state index in [4.69, 9.17) is 10.5 Å². The highest BCUT2D eigenvalue weighted by atomic mass is 32.2. The van der Waals surface area contributed by atoms with Crippen molar-refractivity contribution in [2.45, 2.75) is 23.8 Å². The van der Waals surface area contributed by atoms with Crippen molar-refractivity contribution in [2.75, 3.05) is 39.4 Å². The van der Waals surface area contributed by atoms with Crippen LogP contribution in [0, 0.1) is 11.8 Å². The summed E-state index contributed by atoms with van der Waals surface area (Å²) in [6.07, 6.45) is 1.99. The molecule has 3 fully saturated rings. The second-order valence-electron chi connectivity index (χ2n) is 7.42. The van der Waals surface area contributed by atoms with Gasteiger partial charge in [0.05, 0.1) is 18.1 Å². The van der Waals surface area contributed by atoms with Crippen molar-refractivity contribution < 1.29 is 17.9 Å². The SMILES string of the molecule is NC1CCC2CN(S(=O)(=O)c3ccc(C(=O)N4CCOCC4)cc3)CC12. The highest BCUT2D eigenvalue weighted by Crippen LogP contribution is 2.39. The number of carbonyl (C=O) groups excluding carboxylic acids is 1. The number of fused-ring (bicyclic) bond motifs is 1. The first-order chi connectivity index (χ1) is 12.5. The zero-order valence-electron chi connectivity index (χ0n) is 14.7. The standard InChI is InChI=1S/C18H25N3O4S/c19-17-6-3-14-11-21(12-16(14)17)26(23,24)15-4-1-13(2-5-15)18(22)20-7-9-25-10-8-20/h1-2,4-5,14,16-17H,3,6-12,19H2. The zero-order valence-corrected chi connectivity index (χ0v) is 15.5. The van der Waals surface area contributed by atoms with E-state index in [0.29, 0.717) is 50.9 Å². The Balaban J connectivity index is 1.48. The van der Waals surface area contributed by atoms with Crippen molar-refractivity contribution >= 4 is 15.9 Å². The molecule has 2 N–H and O–H groups in total. The fourth-order valence-corrected chi connectivity index (χ4v) is 5.86. The van der Waals surface area contributed by atoms with Gasteiger partial charge in [-0.3, -0.25) is 4.79 Å². The minimum absolute atomic E-state index is 0.0843. The Morgan fingerprint density at radius 2 is 1.77 bits per heavy atom. The van der Waals surface area contributed by atoms with E-state index in [2.05, 4.69) is 0 Å². The molecule has 1 amide bonds. The summed E-state index contributed by atoms with van der Waals surface area (Å²) in [6, 6.07) is 6.39. The molecule has 3 atom stereocenters. The van der Waals surface area contributed by atoms with Crippen molar-refractivity contribution in [3.05, 3.63) is 29.8 Å². The normalized spacial score (nSPS) is 29.7. The molecule has 26 heavy (non-hydrogen) atoms. The molecule has 2 aliphatic heterocycles. The average molecular weight is 379 g/mol. The highest BCUT2D eigenvalue weighted by Gasteiger charge is 2.45. The van der Waals surface area contributed by atoms with Gasteiger partial charge in [-0.25, -0.2) is 8.42 Å². The number of ether oxygens (including phenoxy) is 1. The third-order valence-electron chi connectivity index (χ3n) is 5.92. The molecule has 1 aromatic rings. The van der Waals surface area contributed by atoms with Crippen LogP contribution in [-0.2, 0) is 14.8 Å². The molecule has 1 aliphatic carbocycles. The van der Waals surface area contributed by atoms with Crippen LogP contribution in [0.5, 0.6) is 0 Å². The fourth-order valence-electron chi connectivity index (χ4n) is 4.33. The van der Waals surface area contributed by atoms with Crippen LogP contribution < -0.4 is 5.73 Å².